The van der Waals surface area contributed by atoms with Crippen LogP contribution < -0.4 is 0 Å². The zero-order valence-electron chi connectivity index (χ0n) is 7.25. The molecule has 0 spiro atoms. The van der Waals surface area contributed by atoms with Crippen molar-refractivity contribution in [1.29, 1.82) is 0 Å². The van der Waals surface area contributed by atoms with Crippen LogP contribution in [0.5, 0.6) is 0 Å². The van der Waals surface area contributed by atoms with Gasteiger partial charge < -0.3 is 5.11 Å². The van der Waals surface area contributed by atoms with Crippen molar-refractivity contribution < 1.29 is 9.50 Å². The Morgan fingerprint density at radius 1 is 1.42 bits per heavy atom. The third-order valence-corrected chi connectivity index (χ3v) is 3.41. The lowest BCUT2D eigenvalue weighted by atomic mass is 10.00. The predicted octanol–water partition coefficient (Wildman–Crippen LogP) is 0.801. The molecule has 0 aromatic rings. The zero-order valence-corrected chi connectivity index (χ0v) is 7.25. The molecule has 1 saturated carbocycles. The van der Waals surface area contributed by atoms with Crippen LogP contribution in [0, 0.1) is 5.92 Å². The molecule has 1 aliphatic carbocycles. The van der Waals surface area contributed by atoms with Crippen molar-refractivity contribution in [2.45, 2.75) is 31.3 Å². The Hall–Kier alpha value is -0.150. The average molecular weight is 173 g/mol. The largest absolute Gasteiger partial charge is 0.395 e. The first-order valence-corrected chi connectivity index (χ1v) is 4.79. The normalized spacial score (nSPS) is 41.0. The first-order chi connectivity index (χ1) is 5.86. The van der Waals surface area contributed by atoms with Crippen LogP contribution in [0.15, 0.2) is 0 Å². The van der Waals surface area contributed by atoms with Gasteiger partial charge in [-0.05, 0) is 25.2 Å². The minimum Gasteiger partial charge on any atom is -0.395 e. The van der Waals surface area contributed by atoms with E-state index in [1.165, 1.54) is 19.3 Å². The lowest BCUT2D eigenvalue weighted by Gasteiger charge is -2.33. The zero-order chi connectivity index (χ0) is 8.55. The molecule has 12 heavy (non-hydrogen) atoms. The number of nitrogens with zero attached hydrogens (tertiary/aromatic N) is 1. The molecular weight excluding hydrogens is 157 g/mol. The number of rotatable bonds is 3. The monoisotopic (exact) mass is 173 g/mol. The highest BCUT2D eigenvalue weighted by Gasteiger charge is 2.44. The van der Waals surface area contributed by atoms with Crippen LogP contribution in [0.1, 0.15) is 19.3 Å². The number of hydrogen-bond acceptors (Lipinski definition) is 2. The van der Waals surface area contributed by atoms with Crippen molar-refractivity contribution in [2.75, 3.05) is 19.8 Å². The maximum Gasteiger partial charge on any atom is 0.102 e. The standard InChI is InChI=1S/C9H16FNO/c10-3-4-11-8-2-1-7(5-8)9(11)6-12/h7-9,12H,1-6H2/t7-,8+,9?/m1/s1. The number of aliphatic hydroxyl groups excluding tert-OH is 1. The van der Waals surface area contributed by atoms with Gasteiger partial charge in [-0.25, -0.2) is 4.39 Å². The topological polar surface area (TPSA) is 23.5 Å². The molecule has 2 fully saturated rings. The van der Waals surface area contributed by atoms with Gasteiger partial charge in [0.05, 0.1) is 6.61 Å². The van der Waals surface area contributed by atoms with E-state index >= 15 is 0 Å². The van der Waals surface area contributed by atoms with Gasteiger partial charge in [-0.1, -0.05) is 0 Å². The number of piperidine rings is 1. The Bertz CT molecular complexity index is 165. The summed E-state index contributed by atoms with van der Waals surface area (Å²) < 4.78 is 12.2. The molecule has 0 amide bonds. The lowest BCUT2D eigenvalue weighted by molar-refractivity contribution is 0.0788. The molecule has 2 nitrogen and oxygen atoms in total. The van der Waals surface area contributed by atoms with Crippen LogP contribution in [0.25, 0.3) is 0 Å². The summed E-state index contributed by atoms with van der Waals surface area (Å²) in [5, 5.41) is 9.12. The van der Waals surface area contributed by atoms with Gasteiger partial charge in [-0.2, -0.15) is 0 Å². The number of fused-ring (bicyclic) bond motifs is 2. The fourth-order valence-corrected chi connectivity index (χ4v) is 2.88. The predicted molar refractivity (Wildman–Crippen MR) is 44.7 cm³/mol. The molecule has 70 valence electrons. The summed E-state index contributed by atoms with van der Waals surface area (Å²) in [7, 11) is 0. The fourth-order valence-electron chi connectivity index (χ4n) is 2.88. The highest BCUT2D eigenvalue weighted by atomic mass is 19.1. The number of likely N-dealkylation sites (tertiary alicyclic amines) is 1. The summed E-state index contributed by atoms with van der Waals surface area (Å²) in [4.78, 5) is 2.16. The maximum atomic E-state index is 12.2. The Balaban J connectivity index is 2.01. The number of hydrogen-bond donors (Lipinski definition) is 1. The van der Waals surface area contributed by atoms with Gasteiger partial charge >= 0.3 is 0 Å². The molecule has 3 heteroatoms. The molecule has 1 N–H and O–H groups in total. The van der Waals surface area contributed by atoms with Crippen molar-refractivity contribution in [3.8, 4) is 0 Å². The van der Waals surface area contributed by atoms with E-state index in [9.17, 15) is 4.39 Å². The molecule has 2 aliphatic rings. The minimum atomic E-state index is -0.278. The quantitative estimate of drug-likeness (QED) is 0.682. The molecule has 0 radical (unpaired) electrons. The number of aliphatic hydroxyl groups is 1. The molecule has 1 heterocycles. The highest BCUT2D eigenvalue weighted by molar-refractivity contribution is 4.98. The van der Waals surface area contributed by atoms with Gasteiger partial charge in [0.25, 0.3) is 0 Å². The first-order valence-electron chi connectivity index (χ1n) is 4.79. The number of alkyl halides is 1. The van der Waals surface area contributed by atoms with E-state index in [0.717, 1.165) is 0 Å². The van der Waals surface area contributed by atoms with Crippen LogP contribution in [0.3, 0.4) is 0 Å². The molecule has 2 rings (SSSR count). The minimum absolute atomic E-state index is 0.209. The van der Waals surface area contributed by atoms with Gasteiger partial charge in [-0.15, -0.1) is 0 Å². The van der Waals surface area contributed by atoms with E-state index in [1.807, 2.05) is 0 Å². The van der Waals surface area contributed by atoms with E-state index in [1.54, 1.807) is 0 Å². The molecule has 0 aromatic heterocycles. The van der Waals surface area contributed by atoms with Crippen molar-refractivity contribution >= 4 is 0 Å². The third-order valence-electron chi connectivity index (χ3n) is 3.41. The smallest absolute Gasteiger partial charge is 0.102 e. The Morgan fingerprint density at radius 3 is 2.92 bits per heavy atom. The second-order valence-corrected chi connectivity index (χ2v) is 3.90. The van der Waals surface area contributed by atoms with Crippen LogP contribution in [0.4, 0.5) is 4.39 Å². The highest BCUT2D eigenvalue weighted by Crippen LogP contribution is 2.41. The van der Waals surface area contributed by atoms with Gasteiger partial charge in [0.2, 0.25) is 0 Å². The van der Waals surface area contributed by atoms with Crippen molar-refractivity contribution in [2.24, 2.45) is 5.92 Å². The fraction of sp³-hybridized carbons (Fsp3) is 1.00. The molecule has 2 bridgehead atoms. The van der Waals surface area contributed by atoms with Gasteiger partial charge in [0.1, 0.15) is 6.67 Å². The van der Waals surface area contributed by atoms with E-state index < -0.39 is 0 Å². The number of halogens is 1. The summed E-state index contributed by atoms with van der Waals surface area (Å²) in [6.07, 6.45) is 3.63. The van der Waals surface area contributed by atoms with E-state index in [4.69, 9.17) is 5.11 Å². The summed E-state index contributed by atoms with van der Waals surface area (Å²) >= 11 is 0. The Kier molecular flexibility index (Phi) is 2.33. The molecule has 3 atom stereocenters. The second kappa shape index (κ2) is 3.30. The summed E-state index contributed by atoms with van der Waals surface area (Å²) in [5.74, 6) is 0.645. The van der Waals surface area contributed by atoms with Crippen LogP contribution >= 0.6 is 0 Å². The molecule has 1 saturated heterocycles. The SMILES string of the molecule is OCC1[C@@H]2CC[C@@H](C2)N1CCF. The third kappa shape index (κ3) is 1.15. The second-order valence-electron chi connectivity index (χ2n) is 3.90. The molecule has 0 aromatic carbocycles. The van der Waals surface area contributed by atoms with Crippen molar-refractivity contribution in [3.05, 3.63) is 0 Å². The summed E-state index contributed by atoms with van der Waals surface area (Å²) in [6, 6.07) is 0.836. The van der Waals surface area contributed by atoms with Crippen LogP contribution in [0.2, 0.25) is 0 Å². The Morgan fingerprint density at radius 2 is 2.25 bits per heavy atom. The van der Waals surface area contributed by atoms with E-state index in [-0.39, 0.29) is 19.3 Å². The molecule has 1 aliphatic heterocycles. The summed E-state index contributed by atoms with van der Waals surface area (Å²) in [5.41, 5.74) is 0. The first kappa shape index (κ1) is 8.45. The van der Waals surface area contributed by atoms with Crippen molar-refractivity contribution in [1.82, 2.24) is 4.90 Å². The van der Waals surface area contributed by atoms with Crippen molar-refractivity contribution in [3.63, 3.8) is 0 Å². The molecule has 1 unspecified atom stereocenters. The maximum absolute atomic E-state index is 12.2. The summed E-state index contributed by atoms with van der Waals surface area (Å²) in [6.45, 7) is 0.452. The van der Waals surface area contributed by atoms with Crippen LogP contribution in [-0.2, 0) is 0 Å². The van der Waals surface area contributed by atoms with Gasteiger partial charge in [-0.3, -0.25) is 4.90 Å². The lowest BCUT2D eigenvalue weighted by Crippen LogP contribution is -2.44. The van der Waals surface area contributed by atoms with Gasteiger partial charge in [0, 0.05) is 18.6 Å². The van der Waals surface area contributed by atoms with Gasteiger partial charge in [0.15, 0.2) is 0 Å². The Labute approximate surface area is 72.4 Å². The van der Waals surface area contributed by atoms with Crippen LogP contribution in [-0.4, -0.2) is 41.9 Å². The van der Waals surface area contributed by atoms with E-state index in [0.29, 0.717) is 18.5 Å². The average Bonchev–Trinajstić information content (AvgIpc) is 2.64. The van der Waals surface area contributed by atoms with E-state index in [2.05, 4.69) is 4.90 Å². The molecular formula is C9H16FNO.